The van der Waals surface area contributed by atoms with E-state index in [-0.39, 0.29) is 11.8 Å². The topological polar surface area (TPSA) is 46.6 Å². The normalized spacial score (nSPS) is 13.4. The van der Waals surface area contributed by atoms with Gasteiger partial charge in [0.15, 0.2) is 0 Å². The number of hydrogen-bond donors (Lipinski definition) is 0. The van der Waals surface area contributed by atoms with E-state index in [9.17, 15) is 9.59 Å². The first-order valence-electron chi connectivity index (χ1n) is 7.31. The van der Waals surface area contributed by atoms with Crippen molar-refractivity contribution in [3.63, 3.8) is 0 Å². The van der Waals surface area contributed by atoms with E-state index in [2.05, 4.69) is 0 Å². The number of hydrogen-bond acceptors (Lipinski definition) is 3. The van der Waals surface area contributed by atoms with E-state index in [0.717, 1.165) is 11.3 Å². The van der Waals surface area contributed by atoms with Crippen LogP contribution in [0.3, 0.4) is 0 Å². The zero-order valence-electron chi connectivity index (χ0n) is 12.4. The van der Waals surface area contributed by atoms with Crippen molar-refractivity contribution in [1.82, 2.24) is 4.90 Å². The molecule has 112 valence electrons. The molecule has 0 saturated heterocycles. The molecule has 0 bridgehead atoms. The second kappa shape index (κ2) is 6.02. The van der Waals surface area contributed by atoms with Crippen molar-refractivity contribution >= 4 is 11.8 Å². The summed E-state index contributed by atoms with van der Waals surface area (Å²) in [6.45, 7) is 2.75. The summed E-state index contributed by atoms with van der Waals surface area (Å²) >= 11 is 0. The van der Waals surface area contributed by atoms with Crippen LogP contribution in [0.4, 0.5) is 0 Å². The molecule has 1 heterocycles. The number of para-hydroxylation sites is 1. The fourth-order valence-electron chi connectivity index (χ4n) is 2.54. The molecule has 0 N–H and O–H groups in total. The summed E-state index contributed by atoms with van der Waals surface area (Å²) in [4.78, 5) is 25.8. The Kier molecular flexibility index (Phi) is 3.92. The summed E-state index contributed by atoms with van der Waals surface area (Å²) in [5.74, 6) is 0.378. The number of aryl methyl sites for hydroxylation is 1. The number of carbonyl (C=O) groups is 2. The maximum atomic E-state index is 12.3. The van der Waals surface area contributed by atoms with Crippen molar-refractivity contribution in [2.24, 2.45) is 0 Å². The largest absolute Gasteiger partial charge is 0.494 e. The number of fused-ring (bicyclic) bond motifs is 1. The molecule has 1 aliphatic rings. The van der Waals surface area contributed by atoms with E-state index in [4.69, 9.17) is 4.74 Å². The molecule has 3 rings (SSSR count). The highest BCUT2D eigenvalue weighted by Crippen LogP contribution is 2.24. The molecule has 0 aromatic heterocycles. The van der Waals surface area contributed by atoms with E-state index in [0.29, 0.717) is 30.7 Å². The Morgan fingerprint density at radius 1 is 0.955 bits per heavy atom. The lowest BCUT2D eigenvalue weighted by atomic mass is 10.1. The Balaban J connectivity index is 1.58. The van der Waals surface area contributed by atoms with Crippen LogP contribution in [0.25, 0.3) is 0 Å². The Labute approximate surface area is 129 Å². The lowest BCUT2D eigenvalue weighted by Gasteiger charge is -2.13. The average Bonchev–Trinajstić information content (AvgIpc) is 2.76. The molecule has 0 atom stereocenters. The number of carbonyl (C=O) groups excluding carboxylic acids is 2. The smallest absolute Gasteiger partial charge is 0.261 e. The maximum absolute atomic E-state index is 12.3. The Morgan fingerprint density at radius 2 is 1.68 bits per heavy atom. The molecule has 1 aliphatic heterocycles. The molecule has 0 radical (unpaired) electrons. The van der Waals surface area contributed by atoms with Crippen molar-refractivity contribution in [3.8, 4) is 5.75 Å². The second-order valence-electron chi connectivity index (χ2n) is 5.33. The molecule has 0 unspecified atom stereocenters. The van der Waals surface area contributed by atoms with Gasteiger partial charge in [-0.15, -0.1) is 0 Å². The SMILES string of the molecule is Cc1ccc2c(c1)C(=O)N(CCCOc1ccccc1)C2=O. The highest BCUT2D eigenvalue weighted by atomic mass is 16.5. The second-order valence-corrected chi connectivity index (χ2v) is 5.33. The third kappa shape index (κ3) is 2.72. The van der Waals surface area contributed by atoms with E-state index >= 15 is 0 Å². The Bertz CT molecular complexity index is 710. The van der Waals surface area contributed by atoms with Crippen LogP contribution in [0.1, 0.15) is 32.7 Å². The standard InChI is InChI=1S/C18H17NO3/c1-13-8-9-15-16(12-13)18(21)19(17(15)20)10-5-11-22-14-6-3-2-4-7-14/h2-4,6-9,12H,5,10-11H2,1H3. The number of amides is 2. The summed E-state index contributed by atoms with van der Waals surface area (Å²) in [5, 5.41) is 0. The van der Waals surface area contributed by atoms with Gasteiger partial charge in [-0.05, 0) is 37.6 Å². The summed E-state index contributed by atoms with van der Waals surface area (Å²) < 4.78 is 5.58. The van der Waals surface area contributed by atoms with Crippen LogP contribution in [0.5, 0.6) is 5.75 Å². The van der Waals surface area contributed by atoms with Crippen molar-refractivity contribution in [2.45, 2.75) is 13.3 Å². The van der Waals surface area contributed by atoms with E-state index in [1.807, 2.05) is 43.3 Å². The molecule has 4 nitrogen and oxygen atoms in total. The quantitative estimate of drug-likeness (QED) is 0.629. The predicted molar refractivity (Wildman–Crippen MR) is 83.1 cm³/mol. The molecule has 4 heteroatoms. The van der Waals surface area contributed by atoms with E-state index in [1.165, 1.54) is 4.90 Å². The minimum Gasteiger partial charge on any atom is -0.494 e. The van der Waals surface area contributed by atoms with Gasteiger partial charge in [0.25, 0.3) is 11.8 Å². The number of nitrogens with zero attached hydrogens (tertiary/aromatic N) is 1. The van der Waals surface area contributed by atoms with Gasteiger partial charge in [-0.3, -0.25) is 14.5 Å². The molecule has 0 fully saturated rings. The van der Waals surface area contributed by atoms with Crippen LogP contribution >= 0.6 is 0 Å². The highest BCUT2D eigenvalue weighted by molar-refractivity contribution is 6.21. The van der Waals surface area contributed by atoms with Crippen LogP contribution in [0.15, 0.2) is 48.5 Å². The van der Waals surface area contributed by atoms with Gasteiger partial charge in [0.2, 0.25) is 0 Å². The third-order valence-corrected chi connectivity index (χ3v) is 3.66. The van der Waals surface area contributed by atoms with Gasteiger partial charge < -0.3 is 4.74 Å². The van der Waals surface area contributed by atoms with Crippen molar-refractivity contribution < 1.29 is 14.3 Å². The monoisotopic (exact) mass is 295 g/mol. The van der Waals surface area contributed by atoms with Crippen LogP contribution in [-0.2, 0) is 0 Å². The summed E-state index contributed by atoms with van der Waals surface area (Å²) in [6, 6.07) is 14.8. The first-order chi connectivity index (χ1) is 10.7. The van der Waals surface area contributed by atoms with Gasteiger partial charge >= 0.3 is 0 Å². The van der Waals surface area contributed by atoms with Crippen LogP contribution in [0, 0.1) is 6.92 Å². The number of imide groups is 1. The molecular weight excluding hydrogens is 278 g/mol. The average molecular weight is 295 g/mol. The van der Waals surface area contributed by atoms with Gasteiger partial charge in [0.1, 0.15) is 5.75 Å². The summed E-state index contributed by atoms with van der Waals surface area (Å²) in [6.07, 6.45) is 0.610. The maximum Gasteiger partial charge on any atom is 0.261 e. The predicted octanol–water partition coefficient (Wildman–Crippen LogP) is 3.06. The number of benzene rings is 2. The Hall–Kier alpha value is -2.62. The number of ether oxygens (including phenoxy) is 1. The number of rotatable bonds is 5. The third-order valence-electron chi connectivity index (χ3n) is 3.66. The lowest BCUT2D eigenvalue weighted by molar-refractivity contribution is 0.0647. The lowest BCUT2D eigenvalue weighted by Crippen LogP contribution is -2.31. The van der Waals surface area contributed by atoms with Crippen LogP contribution in [-0.4, -0.2) is 29.9 Å². The molecule has 2 amide bonds. The van der Waals surface area contributed by atoms with Gasteiger partial charge in [0.05, 0.1) is 17.7 Å². The first kappa shape index (κ1) is 14.3. The molecule has 0 saturated carbocycles. The Morgan fingerprint density at radius 3 is 2.45 bits per heavy atom. The molecule has 0 aliphatic carbocycles. The summed E-state index contributed by atoms with van der Waals surface area (Å²) in [5.41, 5.74) is 1.99. The molecule has 2 aromatic rings. The van der Waals surface area contributed by atoms with Gasteiger partial charge in [-0.25, -0.2) is 0 Å². The van der Waals surface area contributed by atoms with Gasteiger partial charge in [-0.1, -0.05) is 29.8 Å². The van der Waals surface area contributed by atoms with E-state index in [1.54, 1.807) is 12.1 Å². The minimum absolute atomic E-state index is 0.205. The zero-order chi connectivity index (χ0) is 15.5. The summed E-state index contributed by atoms with van der Waals surface area (Å²) in [7, 11) is 0. The van der Waals surface area contributed by atoms with Crippen LogP contribution in [0.2, 0.25) is 0 Å². The minimum atomic E-state index is -0.209. The van der Waals surface area contributed by atoms with Gasteiger partial charge in [-0.2, -0.15) is 0 Å². The van der Waals surface area contributed by atoms with Crippen molar-refractivity contribution in [3.05, 3.63) is 65.2 Å². The van der Waals surface area contributed by atoms with Gasteiger partial charge in [0, 0.05) is 6.54 Å². The van der Waals surface area contributed by atoms with Crippen molar-refractivity contribution in [1.29, 1.82) is 0 Å². The fraction of sp³-hybridized carbons (Fsp3) is 0.222. The molecule has 2 aromatic carbocycles. The van der Waals surface area contributed by atoms with Crippen molar-refractivity contribution in [2.75, 3.05) is 13.2 Å². The van der Waals surface area contributed by atoms with Crippen LogP contribution < -0.4 is 4.74 Å². The molecule has 22 heavy (non-hydrogen) atoms. The fourth-order valence-corrected chi connectivity index (χ4v) is 2.54. The van der Waals surface area contributed by atoms with E-state index < -0.39 is 0 Å². The highest BCUT2D eigenvalue weighted by Gasteiger charge is 2.34. The molecule has 0 spiro atoms. The first-order valence-corrected chi connectivity index (χ1v) is 7.31. The molecular formula is C18H17NO3. The zero-order valence-corrected chi connectivity index (χ0v) is 12.4.